The monoisotopic (exact) mass is 405 g/mol. The molecular weight excluding hydrogens is 386 g/mol. The lowest BCUT2D eigenvalue weighted by atomic mass is 10.1. The van der Waals surface area contributed by atoms with Gasteiger partial charge in [0, 0.05) is 5.56 Å². The second-order valence-electron chi connectivity index (χ2n) is 6.67. The number of para-hydroxylation sites is 2. The number of H-pyrrole nitrogens is 1. The number of methoxy groups -OCH3 is 1. The van der Waals surface area contributed by atoms with Crippen LogP contribution in [0.5, 0.6) is 5.75 Å². The number of fused-ring (bicyclic) bond motifs is 1. The van der Waals surface area contributed by atoms with E-state index in [0.717, 1.165) is 11.1 Å². The SMILES string of the molecule is COc1ccccc1NC(=O)c1sc2nc(-c3cccc(C)c3)[nH]c(=O)c2c1C. The summed E-state index contributed by atoms with van der Waals surface area (Å²) >= 11 is 1.21. The van der Waals surface area contributed by atoms with Gasteiger partial charge >= 0.3 is 0 Å². The molecule has 2 aromatic carbocycles. The first-order chi connectivity index (χ1) is 14.0. The molecule has 0 unspecified atom stereocenters. The number of ether oxygens (including phenoxy) is 1. The van der Waals surface area contributed by atoms with Crippen LogP contribution >= 0.6 is 11.3 Å². The number of rotatable bonds is 4. The zero-order chi connectivity index (χ0) is 20.5. The van der Waals surface area contributed by atoms with E-state index in [4.69, 9.17) is 4.74 Å². The number of anilines is 1. The molecule has 7 heteroatoms. The van der Waals surface area contributed by atoms with E-state index in [1.54, 1.807) is 26.2 Å². The highest BCUT2D eigenvalue weighted by molar-refractivity contribution is 7.20. The van der Waals surface area contributed by atoms with Crippen molar-refractivity contribution in [2.45, 2.75) is 13.8 Å². The lowest BCUT2D eigenvalue weighted by molar-refractivity contribution is 0.102. The van der Waals surface area contributed by atoms with Crippen LogP contribution in [0.3, 0.4) is 0 Å². The molecule has 2 N–H and O–H groups in total. The Morgan fingerprint density at radius 3 is 2.69 bits per heavy atom. The zero-order valence-electron chi connectivity index (χ0n) is 16.2. The van der Waals surface area contributed by atoms with Crippen molar-refractivity contribution in [2.24, 2.45) is 0 Å². The quantitative estimate of drug-likeness (QED) is 0.522. The summed E-state index contributed by atoms with van der Waals surface area (Å²) in [6.07, 6.45) is 0. The van der Waals surface area contributed by atoms with E-state index in [1.165, 1.54) is 11.3 Å². The highest BCUT2D eigenvalue weighted by Gasteiger charge is 2.20. The number of hydrogen-bond donors (Lipinski definition) is 2. The number of nitrogens with one attached hydrogen (secondary N) is 2. The zero-order valence-corrected chi connectivity index (χ0v) is 17.0. The van der Waals surface area contributed by atoms with Gasteiger partial charge in [0.2, 0.25) is 0 Å². The fourth-order valence-corrected chi connectivity index (χ4v) is 4.29. The van der Waals surface area contributed by atoms with Crippen LogP contribution in [0.2, 0.25) is 0 Å². The topological polar surface area (TPSA) is 84.1 Å². The summed E-state index contributed by atoms with van der Waals surface area (Å²) in [7, 11) is 1.55. The lowest BCUT2D eigenvalue weighted by Crippen LogP contribution is -2.13. The van der Waals surface area contributed by atoms with Crippen LogP contribution in [-0.2, 0) is 0 Å². The van der Waals surface area contributed by atoms with Crippen molar-refractivity contribution < 1.29 is 9.53 Å². The van der Waals surface area contributed by atoms with Crippen molar-refractivity contribution in [3.63, 3.8) is 0 Å². The molecule has 0 aliphatic rings. The molecule has 146 valence electrons. The molecule has 0 aliphatic carbocycles. The summed E-state index contributed by atoms with van der Waals surface area (Å²) in [6, 6.07) is 14.9. The second kappa shape index (κ2) is 7.52. The number of aryl methyl sites for hydroxylation is 2. The first-order valence-electron chi connectivity index (χ1n) is 9.02. The molecule has 4 aromatic rings. The fraction of sp³-hybridized carbons (Fsp3) is 0.136. The number of aromatic amines is 1. The first-order valence-corrected chi connectivity index (χ1v) is 9.84. The van der Waals surface area contributed by atoms with Crippen molar-refractivity contribution >= 4 is 33.1 Å². The van der Waals surface area contributed by atoms with Gasteiger partial charge in [0.25, 0.3) is 11.5 Å². The maximum atomic E-state index is 12.9. The average Bonchev–Trinajstić information content (AvgIpc) is 3.05. The van der Waals surface area contributed by atoms with Gasteiger partial charge < -0.3 is 15.0 Å². The number of thiophene rings is 1. The van der Waals surface area contributed by atoms with E-state index < -0.39 is 0 Å². The molecular formula is C22H19N3O3S. The number of benzene rings is 2. The van der Waals surface area contributed by atoms with E-state index in [1.807, 2.05) is 43.3 Å². The molecule has 0 saturated heterocycles. The van der Waals surface area contributed by atoms with E-state index in [-0.39, 0.29) is 11.5 Å². The second-order valence-corrected chi connectivity index (χ2v) is 7.67. The van der Waals surface area contributed by atoms with Crippen molar-refractivity contribution in [1.82, 2.24) is 9.97 Å². The number of carbonyl (C=O) groups is 1. The van der Waals surface area contributed by atoms with Crippen LogP contribution in [0.4, 0.5) is 5.69 Å². The van der Waals surface area contributed by atoms with Gasteiger partial charge in [-0.25, -0.2) is 4.98 Å². The summed E-state index contributed by atoms with van der Waals surface area (Å²) in [6.45, 7) is 3.74. The largest absolute Gasteiger partial charge is 0.495 e. The van der Waals surface area contributed by atoms with Crippen LogP contribution in [0.15, 0.2) is 53.3 Å². The Balaban J connectivity index is 1.76. The fourth-order valence-electron chi connectivity index (χ4n) is 3.22. The molecule has 2 heterocycles. The van der Waals surface area contributed by atoms with Gasteiger partial charge in [0.1, 0.15) is 16.4 Å². The Labute approximate surface area is 171 Å². The molecule has 6 nitrogen and oxygen atoms in total. The van der Waals surface area contributed by atoms with Gasteiger partial charge in [-0.05, 0) is 37.6 Å². The average molecular weight is 405 g/mol. The Morgan fingerprint density at radius 2 is 1.93 bits per heavy atom. The third kappa shape index (κ3) is 3.52. The maximum absolute atomic E-state index is 12.9. The van der Waals surface area contributed by atoms with E-state index >= 15 is 0 Å². The van der Waals surface area contributed by atoms with Crippen LogP contribution < -0.4 is 15.6 Å². The Morgan fingerprint density at radius 1 is 1.14 bits per heavy atom. The molecule has 0 spiro atoms. The number of hydrogen-bond acceptors (Lipinski definition) is 5. The molecule has 0 fully saturated rings. The van der Waals surface area contributed by atoms with Crippen LogP contribution in [-0.4, -0.2) is 23.0 Å². The minimum absolute atomic E-state index is 0.253. The number of nitrogens with zero attached hydrogens (tertiary/aromatic N) is 1. The van der Waals surface area contributed by atoms with Gasteiger partial charge in [-0.15, -0.1) is 11.3 Å². The number of amides is 1. The van der Waals surface area contributed by atoms with Gasteiger partial charge in [-0.2, -0.15) is 0 Å². The third-order valence-electron chi connectivity index (χ3n) is 4.65. The predicted octanol–water partition coefficient (Wildman–Crippen LogP) is 4.53. The maximum Gasteiger partial charge on any atom is 0.266 e. The third-order valence-corrected chi connectivity index (χ3v) is 5.84. The lowest BCUT2D eigenvalue weighted by Gasteiger charge is -2.09. The van der Waals surface area contributed by atoms with Crippen molar-refractivity contribution in [1.29, 1.82) is 0 Å². The highest BCUT2D eigenvalue weighted by Crippen LogP contribution is 2.30. The Hall–Kier alpha value is -3.45. The van der Waals surface area contributed by atoms with E-state index in [2.05, 4.69) is 15.3 Å². The molecule has 4 rings (SSSR count). The van der Waals surface area contributed by atoms with E-state index in [0.29, 0.717) is 37.9 Å². The van der Waals surface area contributed by atoms with Crippen LogP contribution in [0.1, 0.15) is 20.8 Å². The van der Waals surface area contributed by atoms with Crippen molar-refractivity contribution in [2.75, 3.05) is 12.4 Å². The van der Waals surface area contributed by atoms with Gasteiger partial charge in [-0.3, -0.25) is 9.59 Å². The standard InChI is InChI=1S/C22H19N3O3S/c1-12-7-6-8-14(11-12)19-24-20(26)17-13(2)18(29-22(17)25-19)21(27)23-15-9-4-5-10-16(15)28-3/h4-11H,1-3H3,(H,23,27)(H,24,25,26). The molecule has 0 aliphatic heterocycles. The van der Waals surface area contributed by atoms with Crippen molar-refractivity contribution in [3.8, 4) is 17.1 Å². The summed E-state index contributed by atoms with van der Waals surface area (Å²) in [4.78, 5) is 34.1. The van der Waals surface area contributed by atoms with Gasteiger partial charge in [0.15, 0.2) is 0 Å². The molecule has 2 aromatic heterocycles. The smallest absolute Gasteiger partial charge is 0.266 e. The molecule has 0 atom stereocenters. The minimum atomic E-state index is -0.300. The van der Waals surface area contributed by atoms with Gasteiger partial charge in [-0.1, -0.05) is 35.9 Å². The summed E-state index contributed by atoms with van der Waals surface area (Å²) in [5.41, 5.74) is 2.83. The molecule has 0 bridgehead atoms. The molecule has 1 amide bonds. The van der Waals surface area contributed by atoms with Crippen LogP contribution in [0.25, 0.3) is 21.6 Å². The van der Waals surface area contributed by atoms with Crippen LogP contribution in [0, 0.1) is 13.8 Å². The van der Waals surface area contributed by atoms with Crippen molar-refractivity contribution in [3.05, 3.63) is 74.9 Å². The summed E-state index contributed by atoms with van der Waals surface area (Å²) < 4.78 is 5.29. The highest BCUT2D eigenvalue weighted by atomic mass is 32.1. The summed E-state index contributed by atoms with van der Waals surface area (Å²) in [5.74, 6) is 0.757. The first kappa shape index (κ1) is 18.9. The minimum Gasteiger partial charge on any atom is -0.495 e. The summed E-state index contributed by atoms with van der Waals surface area (Å²) in [5, 5.41) is 3.30. The number of carbonyl (C=O) groups excluding carboxylic acids is 1. The predicted molar refractivity (Wildman–Crippen MR) is 116 cm³/mol. The molecule has 29 heavy (non-hydrogen) atoms. The molecule has 0 saturated carbocycles. The Kier molecular flexibility index (Phi) is 4.90. The van der Waals surface area contributed by atoms with Gasteiger partial charge in [0.05, 0.1) is 23.1 Å². The molecule has 0 radical (unpaired) electrons. The number of aromatic nitrogens is 2. The normalized spacial score (nSPS) is 10.9. The Bertz CT molecular complexity index is 1290. The van der Waals surface area contributed by atoms with E-state index in [9.17, 15) is 9.59 Å².